The summed E-state index contributed by atoms with van der Waals surface area (Å²) in [5, 5.41) is 5.41. The molecule has 1 heterocycles. The molecule has 0 bridgehead atoms. The van der Waals surface area contributed by atoms with E-state index in [0.717, 1.165) is 30.2 Å². The first-order valence-corrected chi connectivity index (χ1v) is 9.06. The van der Waals surface area contributed by atoms with Crippen molar-refractivity contribution in [1.29, 1.82) is 0 Å². The van der Waals surface area contributed by atoms with E-state index in [1.165, 1.54) is 19.1 Å². The normalized spacial score (nSPS) is 26.8. The Bertz CT molecular complexity index is 772. The van der Waals surface area contributed by atoms with Gasteiger partial charge in [-0.25, -0.2) is 14.1 Å². The topological polar surface area (TPSA) is 78.5 Å². The van der Waals surface area contributed by atoms with Gasteiger partial charge >= 0.3 is 6.03 Å². The third-order valence-electron chi connectivity index (χ3n) is 5.40. The molecule has 0 unspecified atom stereocenters. The number of hydrogen-bond donors (Lipinski definition) is 2. The van der Waals surface area contributed by atoms with E-state index in [4.69, 9.17) is 11.6 Å². The Balaban J connectivity index is 1.78. The molecule has 6 nitrogen and oxygen atoms in total. The molecule has 140 valence electrons. The number of carbonyl (C=O) groups is 3. The molecule has 2 fully saturated rings. The Morgan fingerprint density at radius 1 is 1.42 bits per heavy atom. The molecule has 26 heavy (non-hydrogen) atoms. The van der Waals surface area contributed by atoms with Crippen LogP contribution in [0.1, 0.15) is 39.5 Å². The van der Waals surface area contributed by atoms with Crippen LogP contribution < -0.4 is 10.6 Å². The molecule has 0 radical (unpaired) electrons. The Morgan fingerprint density at radius 3 is 2.81 bits per heavy atom. The molecule has 1 aliphatic carbocycles. The average Bonchev–Trinajstić information content (AvgIpc) is 2.83. The van der Waals surface area contributed by atoms with Crippen molar-refractivity contribution < 1.29 is 18.8 Å². The second-order valence-corrected chi connectivity index (χ2v) is 7.42. The lowest BCUT2D eigenvalue weighted by molar-refractivity contribution is -0.138. The molecule has 8 heteroatoms. The molecule has 3 atom stereocenters. The maximum atomic E-state index is 13.1. The maximum Gasteiger partial charge on any atom is 0.325 e. The number of urea groups is 1. The summed E-state index contributed by atoms with van der Waals surface area (Å²) < 4.78 is 13.1. The van der Waals surface area contributed by atoms with Gasteiger partial charge in [-0.2, -0.15) is 0 Å². The van der Waals surface area contributed by atoms with Gasteiger partial charge in [0, 0.05) is 0 Å². The Kier molecular flexibility index (Phi) is 4.92. The standard InChI is InChI=1S/C18H21ClFN3O3/c1-10-5-3-4-8-18(10)16(25)23(17(26)22-18)11(2)15(24)21-14-7-6-12(20)9-13(14)19/h6-7,9-11H,3-5,8H2,1-2H3,(H,21,24)(H,22,26)/t10-,11+,18+/m1/s1. The maximum absolute atomic E-state index is 13.1. The summed E-state index contributed by atoms with van der Waals surface area (Å²) in [5.74, 6) is -1.44. The lowest BCUT2D eigenvalue weighted by Crippen LogP contribution is -2.54. The third-order valence-corrected chi connectivity index (χ3v) is 5.72. The zero-order valence-corrected chi connectivity index (χ0v) is 15.4. The van der Waals surface area contributed by atoms with Gasteiger partial charge in [-0.15, -0.1) is 0 Å². The number of carbonyl (C=O) groups excluding carboxylic acids is 3. The second-order valence-electron chi connectivity index (χ2n) is 7.01. The van der Waals surface area contributed by atoms with Crippen LogP contribution in [0.2, 0.25) is 5.02 Å². The second kappa shape index (κ2) is 6.87. The van der Waals surface area contributed by atoms with Crippen LogP contribution in [0, 0.1) is 11.7 Å². The number of rotatable bonds is 3. The van der Waals surface area contributed by atoms with Gasteiger partial charge in [0.05, 0.1) is 10.7 Å². The quantitative estimate of drug-likeness (QED) is 0.788. The minimum atomic E-state index is -1.02. The summed E-state index contributed by atoms with van der Waals surface area (Å²) in [6.45, 7) is 3.43. The number of nitrogens with zero attached hydrogens (tertiary/aromatic N) is 1. The number of nitrogens with one attached hydrogen (secondary N) is 2. The van der Waals surface area contributed by atoms with Crippen molar-refractivity contribution in [3.8, 4) is 0 Å². The van der Waals surface area contributed by atoms with E-state index >= 15 is 0 Å². The lowest BCUT2D eigenvalue weighted by atomic mass is 9.73. The van der Waals surface area contributed by atoms with Crippen LogP contribution in [0.4, 0.5) is 14.9 Å². The average molecular weight is 382 g/mol. The summed E-state index contributed by atoms with van der Waals surface area (Å²) in [6.07, 6.45) is 3.31. The van der Waals surface area contributed by atoms with E-state index in [0.29, 0.717) is 6.42 Å². The minimum Gasteiger partial charge on any atom is -0.323 e. The summed E-state index contributed by atoms with van der Waals surface area (Å²) in [4.78, 5) is 39.0. The number of hydrogen-bond acceptors (Lipinski definition) is 3. The van der Waals surface area contributed by atoms with E-state index in [2.05, 4.69) is 10.6 Å². The number of benzene rings is 1. The van der Waals surface area contributed by atoms with Gasteiger partial charge < -0.3 is 10.6 Å². The van der Waals surface area contributed by atoms with Gasteiger partial charge in [0.2, 0.25) is 5.91 Å². The van der Waals surface area contributed by atoms with Crippen molar-refractivity contribution in [2.75, 3.05) is 5.32 Å². The smallest absolute Gasteiger partial charge is 0.323 e. The number of amides is 4. The zero-order valence-electron chi connectivity index (χ0n) is 14.6. The molecule has 1 saturated carbocycles. The van der Waals surface area contributed by atoms with E-state index in [9.17, 15) is 18.8 Å². The predicted molar refractivity (Wildman–Crippen MR) is 95.2 cm³/mol. The molecule has 1 aromatic carbocycles. The molecular weight excluding hydrogens is 361 g/mol. The summed E-state index contributed by atoms with van der Waals surface area (Å²) >= 11 is 5.92. The van der Waals surface area contributed by atoms with E-state index in [1.807, 2.05) is 6.92 Å². The van der Waals surface area contributed by atoms with Gasteiger partial charge in [-0.3, -0.25) is 9.59 Å². The highest BCUT2D eigenvalue weighted by Gasteiger charge is 2.56. The van der Waals surface area contributed by atoms with Gasteiger partial charge in [-0.1, -0.05) is 31.4 Å². The molecule has 1 saturated heterocycles. The highest BCUT2D eigenvalue weighted by atomic mass is 35.5. The van der Waals surface area contributed by atoms with Crippen molar-refractivity contribution in [3.63, 3.8) is 0 Å². The highest BCUT2D eigenvalue weighted by molar-refractivity contribution is 6.33. The third kappa shape index (κ3) is 3.05. The van der Waals surface area contributed by atoms with Crippen LogP contribution in [0.3, 0.4) is 0 Å². The predicted octanol–water partition coefficient (Wildman–Crippen LogP) is 3.31. The van der Waals surface area contributed by atoms with Crippen LogP contribution in [-0.4, -0.2) is 34.3 Å². The van der Waals surface area contributed by atoms with Crippen LogP contribution >= 0.6 is 11.6 Å². The summed E-state index contributed by atoms with van der Waals surface area (Å²) in [6, 6.07) is 2.00. The highest BCUT2D eigenvalue weighted by Crippen LogP contribution is 2.38. The SMILES string of the molecule is C[C@@H]1CCCC[C@]12NC(=O)N([C@@H](C)C(=O)Nc1ccc(F)cc1Cl)C2=O. The van der Waals surface area contributed by atoms with Crippen molar-refractivity contribution in [2.24, 2.45) is 5.92 Å². The minimum absolute atomic E-state index is 0.0134. The molecule has 4 amide bonds. The zero-order chi connectivity index (χ0) is 19.1. The number of anilines is 1. The molecule has 0 aromatic heterocycles. The fraction of sp³-hybridized carbons (Fsp3) is 0.500. The van der Waals surface area contributed by atoms with E-state index in [-0.39, 0.29) is 22.5 Å². The van der Waals surface area contributed by atoms with Gasteiger partial charge in [-0.05, 0) is 43.9 Å². The van der Waals surface area contributed by atoms with Crippen LogP contribution in [-0.2, 0) is 9.59 Å². The fourth-order valence-electron chi connectivity index (χ4n) is 3.76. The van der Waals surface area contributed by atoms with E-state index < -0.39 is 29.3 Å². The number of imide groups is 1. The van der Waals surface area contributed by atoms with E-state index in [1.54, 1.807) is 0 Å². The van der Waals surface area contributed by atoms with Crippen molar-refractivity contribution in [3.05, 3.63) is 29.0 Å². The molecule has 2 N–H and O–H groups in total. The van der Waals surface area contributed by atoms with Gasteiger partial charge in [0.15, 0.2) is 0 Å². The van der Waals surface area contributed by atoms with Crippen LogP contribution in [0.25, 0.3) is 0 Å². The van der Waals surface area contributed by atoms with Crippen LogP contribution in [0.5, 0.6) is 0 Å². The Hall–Kier alpha value is -2.15. The monoisotopic (exact) mass is 381 g/mol. The molecule has 1 aliphatic heterocycles. The fourth-order valence-corrected chi connectivity index (χ4v) is 3.97. The molecular formula is C18H21ClFN3O3. The first kappa shape index (κ1) is 18.6. The van der Waals surface area contributed by atoms with Crippen LogP contribution in [0.15, 0.2) is 18.2 Å². The van der Waals surface area contributed by atoms with Crippen molar-refractivity contribution in [2.45, 2.75) is 51.1 Å². The summed E-state index contributed by atoms with van der Waals surface area (Å²) in [7, 11) is 0. The lowest BCUT2D eigenvalue weighted by Gasteiger charge is -2.37. The van der Waals surface area contributed by atoms with Crippen molar-refractivity contribution in [1.82, 2.24) is 10.2 Å². The van der Waals surface area contributed by atoms with Gasteiger partial charge in [0.1, 0.15) is 17.4 Å². The first-order valence-electron chi connectivity index (χ1n) is 8.68. The molecule has 1 spiro atoms. The van der Waals surface area contributed by atoms with Crippen molar-refractivity contribution >= 4 is 35.1 Å². The first-order chi connectivity index (χ1) is 12.3. The molecule has 1 aromatic rings. The molecule has 3 rings (SSSR count). The molecule has 2 aliphatic rings. The number of halogens is 2. The summed E-state index contributed by atoms with van der Waals surface area (Å²) in [5.41, 5.74) is -0.699. The largest absolute Gasteiger partial charge is 0.325 e. The Morgan fingerprint density at radius 2 is 2.15 bits per heavy atom. The van der Waals surface area contributed by atoms with Gasteiger partial charge in [0.25, 0.3) is 5.91 Å². The Labute approximate surface area is 156 Å².